The van der Waals surface area contributed by atoms with Gasteiger partial charge < -0.3 is 5.73 Å². The quantitative estimate of drug-likeness (QED) is 0.484. The molecule has 4 rings (SSSR count). The van der Waals surface area contributed by atoms with E-state index in [1.165, 1.54) is 0 Å². The summed E-state index contributed by atoms with van der Waals surface area (Å²) in [6, 6.07) is 13.7. The standard InChI is InChI=1S/C15H9N3O/c16-12-7-13-14(15(19)18-17-13)11-6-9-4-2-1-3-8(9)5-10(11)12/h1-7H,16H2. The van der Waals surface area contributed by atoms with Crippen LogP contribution in [0.1, 0.15) is 10.4 Å². The number of nitrogens with two attached hydrogens (primary N) is 1. The summed E-state index contributed by atoms with van der Waals surface area (Å²) in [6.07, 6.45) is 0. The Balaban J connectivity index is 2.24. The molecule has 0 bridgehead atoms. The number of anilines is 1. The van der Waals surface area contributed by atoms with Crippen molar-refractivity contribution < 1.29 is 4.79 Å². The Morgan fingerprint density at radius 3 is 2.32 bits per heavy atom. The van der Waals surface area contributed by atoms with Crippen molar-refractivity contribution in [3.8, 4) is 0 Å². The molecule has 1 heterocycles. The lowest BCUT2D eigenvalue weighted by Crippen LogP contribution is -1.95. The van der Waals surface area contributed by atoms with E-state index in [0.29, 0.717) is 16.9 Å². The first-order chi connectivity index (χ1) is 9.24. The Bertz CT molecular complexity index is 897. The van der Waals surface area contributed by atoms with E-state index < -0.39 is 0 Å². The van der Waals surface area contributed by atoms with Crippen molar-refractivity contribution in [3.05, 3.63) is 48.0 Å². The van der Waals surface area contributed by atoms with Gasteiger partial charge in [-0.15, -0.1) is 10.2 Å². The summed E-state index contributed by atoms with van der Waals surface area (Å²) >= 11 is 0. The number of nitrogen functional groups attached to an aromatic ring is 1. The fourth-order valence-electron chi connectivity index (χ4n) is 2.57. The van der Waals surface area contributed by atoms with Gasteiger partial charge in [-0.2, -0.15) is 0 Å². The Kier molecular flexibility index (Phi) is 1.82. The van der Waals surface area contributed by atoms with Gasteiger partial charge in [0.15, 0.2) is 0 Å². The average Bonchev–Trinajstić information content (AvgIpc) is 2.79. The summed E-state index contributed by atoms with van der Waals surface area (Å²) in [5, 5.41) is 11.3. The first kappa shape index (κ1) is 10.2. The average molecular weight is 247 g/mol. The van der Waals surface area contributed by atoms with Crippen LogP contribution < -0.4 is 5.73 Å². The lowest BCUT2D eigenvalue weighted by atomic mass is 9.97. The van der Waals surface area contributed by atoms with Crippen LogP contribution in [-0.2, 0) is 0 Å². The third-order valence-electron chi connectivity index (χ3n) is 3.48. The smallest absolute Gasteiger partial charge is 0.298 e. The lowest BCUT2D eigenvalue weighted by Gasteiger charge is -2.08. The third-order valence-corrected chi connectivity index (χ3v) is 3.48. The molecule has 4 heteroatoms. The van der Waals surface area contributed by atoms with Crippen LogP contribution in [-0.4, -0.2) is 5.91 Å². The molecule has 19 heavy (non-hydrogen) atoms. The fourth-order valence-corrected chi connectivity index (χ4v) is 2.57. The van der Waals surface area contributed by atoms with Crippen molar-refractivity contribution in [2.75, 3.05) is 5.73 Å². The molecule has 0 unspecified atom stereocenters. The molecule has 3 aromatic carbocycles. The molecule has 3 aromatic rings. The maximum atomic E-state index is 11.8. The highest BCUT2D eigenvalue weighted by Crippen LogP contribution is 2.38. The number of rotatable bonds is 0. The number of hydrogen-bond donors (Lipinski definition) is 1. The van der Waals surface area contributed by atoms with Gasteiger partial charge in [0.05, 0.1) is 5.56 Å². The zero-order valence-corrected chi connectivity index (χ0v) is 9.92. The summed E-state index contributed by atoms with van der Waals surface area (Å²) < 4.78 is 0. The van der Waals surface area contributed by atoms with Crippen LogP contribution >= 0.6 is 0 Å². The molecule has 0 fully saturated rings. The van der Waals surface area contributed by atoms with Gasteiger partial charge in [0.1, 0.15) is 5.69 Å². The van der Waals surface area contributed by atoms with Crippen molar-refractivity contribution in [1.29, 1.82) is 0 Å². The molecule has 0 saturated carbocycles. The molecule has 90 valence electrons. The SMILES string of the molecule is Nc1cc2c(c3cc4ccccc4cc13)C(=O)N=N2. The molecule has 0 aromatic heterocycles. The largest absolute Gasteiger partial charge is 0.398 e. The van der Waals surface area contributed by atoms with E-state index in [9.17, 15) is 4.79 Å². The van der Waals surface area contributed by atoms with Crippen molar-refractivity contribution in [3.63, 3.8) is 0 Å². The third kappa shape index (κ3) is 1.31. The van der Waals surface area contributed by atoms with Crippen LogP contribution in [0.5, 0.6) is 0 Å². The lowest BCUT2D eigenvalue weighted by molar-refractivity contribution is 0.100. The molecule has 0 radical (unpaired) electrons. The van der Waals surface area contributed by atoms with Crippen LogP contribution in [0.2, 0.25) is 0 Å². The topological polar surface area (TPSA) is 67.8 Å². The fraction of sp³-hybridized carbons (Fsp3) is 0. The second-order valence-corrected chi connectivity index (χ2v) is 4.61. The minimum Gasteiger partial charge on any atom is -0.398 e. The van der Waals surface area contributed by atoms with Crippen LogP contribution in [0, 0.1) is 0 Å². The van der Waals surface area contributed by atoms with Crippen LogP contribution in [0.4, 0.5) is 11.4 Å². The van der Waals surface area contributed by atoms with E-state index in [4.69, 9.17) is 5.73 Å². The maximum absolute atomic E-state index is 11.8. The first-order valence-electron chi connectivity index (χ1n) is 5.95. The van der Waals surface area contributed by atoms with Gasteiger partial charge in [0, 0.05) is 11.1 Å². The van der Waals surface area contributed by atoms with Crippen molar-refractivity contribution in [2.45, 2.75) is 0 Å². The molecule has 0 saturated heterocycles. The molecule has 0 aliphatic carbocycles. The van der Waals surface area contributed by atoms with Gasteiger partial charge in [-0.25, -0.2) is 0 Å². The predicted molar refractivity (Wildman–Crippen MR) is 74.7 cm³/mol. The van der Waals surface area contributed by atoms with Crippen molar-refractivity contribution in [2.24, 2.45) is 10.2 Å². The maximum Gasteiger partial charge on any atom is 0.298 e. The highest BCUT2D eigenvalue weighted by molar-refractivity contribution is 6.18. The second-order valence-electron chi connectivity index (χ2n) is 4.61. The molecule has 4 nitrogen and oxygen atoms in total. The number of azo groups is 1. The van der Waals surface area contributed by atoms with Gasteiger partial charge in [0.2, 0.25) is 0 Å². The molecule has 0 atom stereocenters. The van der Waals surface area contributed by atoms with Crippen LogP contribution in [0.25, 0.3) is 21.5 Å². The number of fused-ring (bicyclic) bond motifs is 4. The van der Waals surface area contributed by atoms with Gasteiger partial charge >= 0.3 is 0 Å². The van der Waals surface area contributed by atoms with E-state index in [0.717, 1.165) is 21.5 Å². The van der Waals surface area contributed by atoms with E-state index in [-0.39, 0.29) is 5.91 Å². The molecular formula is C15H9N3O. The zero-order chi connectivity index (χ0) is 13.0. The monoisotopic (exact) mass is 247 g/mol. The van der Waals surface area contributed by atoms with Crippen LogP contribution in [0.3, 0.4) is 0 Å². The predicted octanol–water partition coefficient (Wildman–Crippen LogP) is 3.81. The highest BCUT2D eigenvalue weighted by atomic mass is 16.2. The Hall–Kier alpha value is -2.75. The number of hydrogen-bond acceptors (Lipinski definition) is 3. The number of benzene rings is 3. The molecule has 1 aliphatic rings. The Morgan fingerprint density at radius 2 is 1.58 bits per heavy atom. The van der Waals surface area contributed by atoms with Gasteiger partial charge in [-0.3, -0.25) is 4.79 Å². The van der Waals surface area contributed by atoms with Crippen molar-refractivity contribution in [1.82, 2.24) is 0 Å². The first-order valence-corrected chi connectivity index (χ1v) is 5.95. The zero-order valence-electron chi connectivity index (χ0n) is 9.92. The van der Waals surface area contributed by atoms with Gasteiger partial charge in [-0.05, 0) is 34.4 Å². The molecular weight excluding hydrogens is 238 g/mol. The van der Waals surface area contributed by atoms with E-state index in [1.807, 2.05) is 36.4 Å². The molecule has 0 spiro atoms. The normalized spacial score (nSPS) is 13.4. The van der Waals surface area contributed by atoms with Crippen molar-refractivity contribution >= 4 is 38.8 Å². The van der Waals surface area contributed by atoms with E-state index in [2.05, 4.69) is 10.2 Å². The summed E-state index contributed by atoms with van der Waals surface area (Å²) in [4.78, 5) is 11.8. The summed E-state index contributed by atoms with van der Waals surface area (Å²) in [5.74, 6) is -0.296. The summed E-state index contributed by atoms with van der Waals surface area (Å²) in [5.41, 5.74) is 7.78. The minimum atomic E-state index is -0.296. The Labute approximate surface area is 108 Å². The minimum absolute atomic E-state index is 0.296. The summed E-state index contributed by atoms with van der Waals surface area (Å²) in [7, 11) is 0. The Morgan fingerprint density at radius 1 is 0.895 bits per heavy atom. The van der Waals surface area contributed by atoms with Crippen LogP contribution in [0.15, 0.2) is 52.7 Å². The second kappa shape index (κ2) is 3.38. The molecule has 2 N–H and O–H groups in total. The number of nitrogens with zero attached hydrogens (tertiary/aromatic N) is 2. The van der Waals surface area contributed by atoms with E-state index >= 15 is 0 Å². The number of carbonyl (C=O) groups is 1. The number of amides is 1. The molecule has 1 aliphatic heterocycles. The summed E-state index contributed by atoms with van der Waals surface area (Å²) in [6.45, 7) is 0. The van der Waals surface area contributed by atoms with Gasteiger partial charge in [0.25, 0.3) is 5.91 Å². The number of carbonyl (C=O) groups excluding carboxylic acids is 1. The van der Waals surface area contributed by atoms with E-state index in [1.54, 1.807) is 6.07 Å². The highest BCUT2D eigenvalue weighted by Gasteiger charge is 2.22. The van der Waals surface area contributed by atoms with Gasteiger partial charge in [-0.1, -0.05) is 24.3 Å². The molecule has 1 amide bonds.